The van der Waals surface area contributed by atoms with Crippen LogP contribution >= 0.6 is 12.6 Å². The van der Waals surface area contributed by atoms with E-state index in [-0.39, 0.29) is 41.1 Å². The predicted octanol–water partition coefficient (Wildman–Crippen LogP) is 0.639. The number of thiol groups is 1. The molecule has 0 aliphatic carbocycles. The number of methoxy groups -OCH3 is 1. The van der Waals surface area contributed by atoms with Crippen molar-refractivity contribution in [3.8, 4) is 5.75 Å². The van der Waals surface area contributed by atoms with Gasteiger partial charge in [-0.1, -0.05) is 0 Å². The number of aromatic nitrogens is 1. The quantitative estimate of drug-likeness (QED) is 0.336. The van der Waals surface area contributed by atoms with Gasteiger partial charge in [-0.3, -0.25) is 0 Å². The minimum absolute atomic E-state index is 0. The van der Waals surface area contributed by atoms with Crippen molar-refractivity contribution in [3.05, 3.63) is 22.4 Å². The summed E-state index contributed by atoms with van der Waals surface area (Å²) in [5.41, 5.74) is 0. The topological polar surface area (TPSA) is 65.3 Å². The summed E-state index contributed by atoms with van der Waals surface area (Å²) < 4.78 is 4.73. The van der Waals surface area contributed by atoms with Crippen LogP contribution in [0.1, 0.15) is 0 Å². The second kappa shape index (κ2) is 5.43. The Morgan fingerprint density at radius 3 is 2.77 bits per heavy atom. The maximum atomic E-state index is 10.3. The molecule has 5 nitrogen and oxygen atoms in total. The Hall–Kier alpha value is -0.300. The first kappa shape index (κ1) is 12.7. The standard InChI is InChI=1S/C6H6N2O3S.Na.H/c1-11-5-2-4(12)3-7-6(5)8(9)10;;/h2-3,12H,1H3;;. The summed E-state index contributed by atoms with van der Waals surface area (Å²) in [7, 11) is 1.34. The average Bonchev–Trinajstić information content (AvgIpc) is 2.03. The molecule has 0 saturated heterocycles. The molecular weight excluding hydrogens is 203 g/mol. The van der Waals surface area contributed by atoms with Gasteiger partial charge in [0.2, 0.25) is 5.75 Å². The van der Waals surface area contributed by atoms with Gasteiger partial charge in [0.25, 0.3) is 0 Å². The van der Waals surface area contributed by atoms with Crippen LogP contribution in [0.3, 0.4) is 0 Å². The molecule has 0 radical (unpaired) electrons. The summed E-state index contributed by atoms with van der Waals surface area (Å²) in [6, 6.07) is 1.44. The third-order valence-electron chi connectivity index (χ3n) is 1.21. The predicted molar refractivity (Wildman–Crippen MR) is 51.8 cm³/mol. The fourth-order valence-electron chi connectivity index (χ4n) is 0.714. The Morgan fingerprint density at radius 1 is 1.69 bits per heavy atom. The summed E-state index contributed by atoms with van der Waals surface area (Å²) in [6.45, 7) is 0. The van der Waals surface area contributed by atoms with Crippen molar-refractivity contribution >= 4 is 48.0 Å². The van der Waals surface area contributed by atoms with E-state index < -0.39 is 4.92 Å². The van der Waals surface area contributed by atoms with E-state index in [0.29, 0.717) is 4.90 Å². The van der Waals surface area contributed by atoms with E-state index in [0.717, 1.165) is 0 Å². The molecular formula is C6H7N2NaO3S. The van der Waals surface area contributed by atoms with Gasteiger partial charge in [0.05, 0.1) is 12.0 Å². The molecule has 7 heteroatoms. The third kappa shape index (κ3) is 3.15. The summed E-state index contributed by atoms with van der Waals surface area (Å²) in [5, 5.41) is 10.3. The van der Waals surface area contributed by atoms with Gasteiger partial charge in [-0.2, -0.15) is 0 Å². The number of nitrogens with zero attached hydrogens (tertiary/aromatic N) is 2. The Bertz CT molecular complexity index is 321. The minimum atomic E-state index is -0.605. The van der Waals surface area contributed by atoms with Gasteiger partial charge < -0.3 is 14.9 Å². The Labute approximate surface area is 102 Å². The van der Waals surface area contributed by atoms with Crippen LogP contribution in [0.5, 0.6) is 5.75 Å². The molecule has 0 spiro atoms. The van der Waals surface area contributed by atoms with Crippen LogP contribution in [0, 0.1) is 10.1 Å². The van der Waals surface area contributed by atoms with Crippen molar-refractivity contribution in [3.63, 3.8) is 0 Å². The average molecular weight is 210 g/mol. The molecule has 0 amide bonds. The molecule has 0 aliphatic heterocycles. The van der Waals surface area contributed by atoms with Crippen molar-refractivity contribution in [2.45, 2.75) is 4.90 Å². The SMILES string of the molecule is COc1cc(S)cnc1[N+](=O)[O-].[NaH]. The Morgan fingerprint density at radius 2 is 2.31 bits per heavy atom. The van der Waals surface area contributed by atoms with Gasteiger partial charge in [-0.25, -0.2) is 0 Å². The summed E-state index contributed by atoms with van der Waals surface area (Å²) in [5.74, 6) is -0.178. The molecule has 66 valence electrons. The molecule has 0 saturated carbocycles. The van der Waals surface area contributed by atoms with Crippen molar-refractivity contribution < 1.29 is 9.66 Å². The number of rotatable bonds is 2. The van der Waals surface area contributed by atoms with Gasteiger partial charge in [0, 0.05) is 6.07 Å². The number of hydrogen-bond acceptors (Lipinski definition) is 5. The van der Waals surface area contributed by atoms with Gasteiger partial charge in [0.1, 0.15) is 0 Å². The van der Waals surface area contributed by atoms with E-state index in [1.54, 1.807) is 0 Å². The Balaban J connectivity index is 0.00000144. The van der Waals surface area contributed by atoms with Crippen LogP contribution in [-0.4, -0.2) is 46.6 Å². The second-order valence-corrected chi connectivity index (χ2v) is 2.49. The molecule has 0 atom stereocenters. The zero-order valence-electron chi connectivity index (χ0n) is 6.22. The van der Waals surface area contributed by atoms with E-state index in [1.165, 1.54) is 19.4 Å². The summed E-state index contributed by atoms with van der Waals surface area (Å²) in [6.07, 6.45) is 1.30. The molecule has 1 aromatic heterocycles. The molecule has 1 heterocycles. The normalized spacial score (nSPS) is 8.77. The zero-order valence-corrected chi connectivity index (χ0v) is 7.12. The number of pyridine rings is 1. The third-order valence-corrected chi connectivity index (χ3v) is 1.46. The monoisotopic (exact) mass is 210 g/mol. The molecule has 0 N–H and O–H groups in total. The molecule has 13 heavy (non-hydrogen) atoms. The van der Waals surface area contributed by atoms with Gasteiger partial charge in [-0.15, -0.1) is 12.6 Å². The fourth-order valence-corrected chi connectivity index (χ4v) is 0.889. The van der Waals surface area contributed by atoms with Crippen LogP contribution in [0.2, 0.25) is 0 Å². The van der Waals surface area contributed by atoms with Crippen LogP contribution in [0.25, 0.3) is 0 Å². The summed E-state index contributed by atoms with van der Waals surface area (Å²) >= 11 is 3.96. The van der Waals surface area contributed by atoms with Gasteiger partial charge >= 0.3 is 35.4 Å². The molecule has 0 fully saturated rings. The van der Waals surface area contributed by atoms with Crippen molar-refractivity contribution in [1.29, 1.82) is 0 Å². The fraction of sp³-hybridized carbons (Fsp3) is 0.167. The molecule has 0 unspecified atom stereocenters. The molecule has 0 bridgehead atoms. The number of ether oxygens (including phenoxy) is 1. The molecule has 0 aromatic carbocycles. The van der Waals surface area contributed by atoms with E-state index in [1.807, 2.05) is 0 Å². The van der Waals surface area contributed by atoms with E-state index >= 15 is 0 Å². The van der Waals surface area contributed by atoms with E-state index in [9.17, 15) is 10.1 Å². The maximum absolute atomic E-state index is 10.3. The zero-order chi connectivity index (χ0) is 9.14. The Kier molecular flexibility index (Phi) is 5.31. The van der Waals surface area contributed by atoms with Crippen LogP contribution in [0.15, 0.2) is 17.2 Å². The van der Waals surface area contributed by atoms with Gasteiger partial charge in [-0.05, 0) is 9.91 Å². The number of hydrogen-bond donors (Lipinski definition) is 1. The van der Waals surface area contributed by atoms with Crippen molar-refractivity contribution in [2.24, 2.45) is 0 Å². The van der Waals surface area contributed by atoms with Gasteiger partial charge in [0.15, 0.2) is 6.20 Å². The number of nitro groups is 1. The van der Waals surface area contributed by atoms with Crippen LogP contribution in [0.4, 0.5) is 5.82 Å². The first-order valence-electron chi connectivity index (χ1n) is 3.02. The molecule has 1 rings (SSSR count). The first-order chi connectivity index (χ1) is 5.65. The van der Waals surface area contributed by atoms with Crippen LogP contribution < -0.4 is 4.74 Å². The van der Waals surface area contributed by atoms with E-state index in [4.69, 9.17) is 4.74 Å². The second-order valence-electron chi connectivity index (χ2n) is 1.98. The molecule has 0 aliphatic rings. The van der Waals surface area contributed by atoms with Crippen molar-refractivity contribution in [2.75, 3.05) is 7.11 Å². The summed E-state index contributed by atoms with van der Waals surface area (Å²) in [4.78, 5) is 13.8. The van der Waals surface area contributed by atoms with Crippen LogP contribution in [-0.2, 0) is 0 Å². The van der Waals surface area contributed by atoms with E-state index in [2.05, 4.69) is 17.6 Å². The first-order valence-corrected chi connectivity index (χ1v) is 3.47. The van der Waals surface area contributed by atoms with Crippen molar-refractivity contribution in [1.82, 2.24) is 4.98 Å². The molecule has 1 aromatic rings.